The molecule has 1 unspecified atom stereocenters. The van der Waals surface area contributed by atoms with Gasteiger partial charge in [0.1, 0.15) is 0 Å². The van der Waals surface area contributed by atoms with Gasteiger partial charge in [-0.15, -0.1) is 0 Å². The van der Waals surface area contributed by atoms with E-state index in [2.05, 4.69) is 27.0 Å². The van der Waals surface area contributed by atoms with Crippen molar-refractivity contribution in [1.29, 1.82) is 0 Å². The second kappa shape index (κ2) is 5.87. The highest BCUT2D eigenvalue weighted by molar-refractivity contribution is 9.10. The minimum atomic E-state index is 0.477. The molecule has 0 aromatic carbocycles. The fourth-order valence-electron chi connectivity index (χ4n) is 1.56. The van der Waals surface area contributed by atoms with Crippen molar-refractivity contribution in [3.05, 3.63) is 28.5 Å². The molecule has 1 aliphatic heterocycles. The summed E-state index contributed by atoms with van der Waals surface area (Å²) in [6, 6.07) is 4.10. The molecule has 0 saturated carbocycles. The molecule has 1 aromatic heterocycles. The predicted molar refractivity (Wildman–Crippen MR) is 67.1 cm³/mol. The number of aromatic nitrogens is 1. The quantitative estimate of drug-likeness (QED) is 0.849. The maximum atomic E-state index is 5.56. The Hall–Kier alpha value is -0.0600. The molecule has 0 amide bonds. The summed E-state index contributed by atoms with van der Waals surface area (Å²) in [5.41, 5.74) is 1.14. The topological polar surface area (TPSA) is 22.1 Å². The van der Waals surface area contributed by atoms with E-state index in [4.69, 9.17) is 4.74 Å². The number of nitrogens with zero attached hydrogens (tertiary/aromatic N) is 1. The third-order valence-electron chi connectivity index (χ3n) is 2.37. The Morgan fingerprint density at radius 3 is 3.13 bits per heavy atom. The number of hydrogen-bond donors (Lipinski definition) is 0. The monoisotopic (exact) mass is 287 g/mol. The van der Waals surface area contributed by atoms with Gasteiger partial charge in [-0.05, 0) is 40.9 Å². The standard InChI is InChI=1S/C11H14BrNOS/c12-9-3-4-10(13-6-9)7-15-8-11-2-1-5-14-11/h3-4,6,11H,1-2,5,7-8H2. The number of halogens is 1. The van der Waals surface area contributed by atoms with Crippen molar-refractivity contribution >= 4 is 27.7 Å². The largest absolute Gasteiger partial charge is 0.377 e. The molecular weight excluding hydrogens is 274 g/mol. The maximum absolute atomic E-state index is 5.56. The van der Waals surface area contributed by atoms with Crippen molar-refractivity contribution < 1.29 is 4.74 Å². The summed E-state index contributed by atoms with van der Waals surface area (Å²) >= 11 is 5.28. The lowest BCUT2D eigenvalue weighted by atomic mass is 10.3. The van der Waals surface area contributed by atoms with Crippen LogP contribution in [0.2, 0.25) is 0 Å². The second-order valence-electron chi connectivity index (χ2n) is 3.62. The average molecular weight is 288 g/mol. The van der Waals surface area contributed by atoms with Crippen LogP contribution in [0.1, 0.15) is 18.5 Å². The summed E-state index contributed by atoms with van der Waals surface area (Å²) in [6.07, 6.45) is 4.77. The molecule has 2 rings (SSSR count). The number of hydrogen-bond acceptors (Lipinski definition) is 3. The van der Waals surface area contributed by atoms with Gasteiger partial charge in [0.2, 0.25) is 0 Å². The molecule has 0 bridgehead atoms. The fourth-order valence-corrected chi connectivity index (χ4v) is 2.82. The Morgan fingerprint density at radius 2 is 2.47 bits per heavy atom. The van der Waals surface area contributed by atoms with Crippen LogP contribution in [0.15, 0.2) is 22.8 Å². The minimum Gasteiger partial charge on any atom is -0.377 e. The average Bonchev–Trinajstić information content (AvgIpc) is 2.74. The lowest BCUT2D eigenvalue weighted by Crippen LogP contribution is -2.08. The second-order valence-corrected chi connectivity index (χ2v) is 5.56. The van der Waals surface area contributed by atoms with Crippen molar-refractivity contribution in [3.63, 3.8) is 0 Å². The fraction of sp³-hybridized carbons (Fsp3) is 0.545. The first-order valence-corrected chi connectivity index (χ1v) is 7.09. The zero-order valence-corrected chi connectivity index (χ0v) is 10.9. The van der Waals surface area contributed by atoms with Gasteiger partial charge in [0.15, 0.2) is 0 Å². The van der Waals surface area contributed by atoms with Crippen molar-refractivity contribution in [1.82, 2.24) is 4.98 Å². The van der Waals surface area contributed by atoms with E-state index in [-0.39, 0.29) is 0 Å². The van der Waals surface area contributed by atoms with Crippen molar-refractivity contribution in [2.45, 2.75) is 24.7 Å². The molecule has 0 N–H and O–H groups in total. The van der Waals surface area contributed by atoms with E-state index in [1.165, 1.54) is 12.8 Å². The lowest BCUT2D eigenvalue weighted by Gasteiger charge is -2.07. The van der Waals surface area contributed by atoms with Crippen molar-refractivity contribution in [3.8, 4) is 0 Å². The number of rotatable bonds is 4. The molecular formula is C11H14BrNOS. The summed E-state index contributed by atoms with van der Waals surface area (Å²) in [7, 11) is 0. The van der Waals surface area contributed by atoms with Crippen LogP contribution in [0, 0.1) is 0 Å². The number of thioether (sulfide) groups is 1. The summed E-state index contributed by atoms with van der Waals surface area (Å²) in [5, 5.41) is 0. The Bertz CT molecular complexity index is 298. The highest BCUT2D eigenvalue weighted by Gasteiger charge is 2.14. The van der Waals surface area contributed by atoms with Gasteiger partial charge in [-0.1, -0.05) is 0 Å². The lowest BCUT2D eigenvalue weighted by molar-refractivity contribution is 0.129. The smallest absolute Gasteiger partial charge is 0.0666 e. The SMILES string of the molecule is Brc1ccc(CSCC2CCCO2)nc1. The predicted octanol–water partition coefficient (Wildman–Crippen LogP) is 3.26. The molecule has 0 spiro atoms. The third-order valence-corrected chi connectivity index (χ3v) is 3.94. The van der Waals surface area contributed by atoms with Gasteiger partial charge in [-0.2, -0.15) is 11.8 Å². The van der Waals surface area contributed by atoms with Crippen molar-refractivity contribution in [2.24, 2.45) is 0 Å². The van der Waals surface area contributed by atoms with Crippen LogP contribution in [-0.2, 0) is 10.5 Å². The van der Waals surface area contributed by atoms with Gasteiger partial charge in [-0.3, -0.25) is 4.98 Å². The van der Waals surface area contributed by atoms with E-state index in [9.17, 15) is 0 Å². The summed E-state index contributed by atoms with van der Waals surface area (Å²) < 4.78 is 6.60. The Labute approximate surface area is 103 Å². The summed E-state index contributed by atoms with van der Waals surface area (Å²) in [5.74, 6) is 2.07. The van der Waals surface area contributed by atoms with E-state index in [0.29, 0.717) is 6.10 Å². The molecule has 4 heteroatoms. The minimum absolute atomic E-state index is 0.477. The molecule has 0 radical (unpaired) electrons. The molecule has 1 saturated heterocycles. The van der Waals surface area contributed by atoms with E-state index < -0.39 is 0 Å². The van der Waals surface area contributed by atoms with Gasteiger partial charge in [0.05, 0.1) is 11.8 Å². The van der Waals surface area contributed by atoms with E-state index in [1.54, 1.807) is 0 Å². The first-order chi connectivity index (χ1) is 7.34. The molecule has 2 heterocycles. The van der Waals surface area contributed by atoms with E-state index >= 15 is 0 Å². The van der Waals surface area contributed by atoms with Gasteiger partial charge >= 0.3 is 0 Å². The van der Waals surface area contributed by atoms with Crippen molar-refractivity contribution in [2.75, 3.05) is 12.4 Å². The Balaban J connectivity index is 1.71. The molecule has 2 nitrogen and oxygen atoms in total. The molecule has 1 fully saturated rings. The number of pyridine rings is 1. The van der Waals surface area contributed by atoms with E-state index in [1.807, 2.05) is 24.0 Å². The first-order valence-electron chi connectivity index (χ1n) is 5.14. The molecule has 1 aliphatic rings. The van der Waals surface area contributed by atoms with Gasteiger partial charge < -0.3 is 4.74 Å². The third kappa shape index (κ3) is 3.78. The Kier molecular flexibility index (Phi) is 4.47. The molecule has 0 aliphatic carbocycles. The zero-order valence-electron chi connectivity index (χ0n) is 8.49. The molecule has 1 aromatic rings. The Morgan fingerprint density at radius 1 is 1.53 bits per heavy atom. The van der Waals surface area contributed by atoms with Crippen LogP contribution in [0.5, 0.6) is 0 Å². The molecule has 82 valence electrons. The van der Waals surface area contributed by atoms with Crippen LogP contribution < -0.4 is 0 Å². The maximum Gasteiger partial charge on any atom is 0.0666 e. The van der Waals surface area contributed by atoms with Gasteiger partial charge in [0.25, 0.3) is 0 Å². The first kappa shape index (κ1) is 11.4. The highest BCUT2D eigenvalue weighted by atomic mass is 79.9. The van der Waals surface area contributed by atoms with Crippen LogP contribution in [0.4, 0.5) is 0 Å². The molecule has 15 heavy (non-hydrogen) atoms. The zero-order chi connectivity index (χ0) is 10.5. The summed E-state index contributed by atoms with van der Waals surface area (Å²) in [4.78, 5) is 4.33. The van der Waals surface area contributed by atoms with Gasteiger partial charge in [0, 0.05) is 28.8 Å². The van der Waals surface area contributed by atoms with Crippen LogP contribution >= 0.6 is 27.7 Å². The normalized spacial score (nSPS) is 20.7. The van der Waals surface area contributed by atoms with E-state index in [0.717, 1.165) is 28.3 Å². The molecule has 1 atom stereocenters. The van der Waals surface area contributed by atoms with Crippen LogP contribution in [-0.4, -0.2) is 23.4 Å². The summed E-state index contributed by atoms with van der Waals surface area (Å²) in [6.45, 7) is 0.946. The van der Waals surface area contributed by atoms with Crippen LogP contribution in [0.25, 0.3) is 0 Å². The van der Waals surface area contributed by atoms with Gasteiger partial charge in [-0.25, -0.2) is 0 Å². The highest BCUT2D eigenvalue weighted by Crippen LogP contribution is 2.19. The van der Waals surface area contributed by atoms with Crippen LogP contribution in [0.3, 0.4) is 0 Å². The number of ether oxygens (including phenoxy) is 1.